The van der Waals surface area contributed by atoms with Crippen LogP contribution >= 0.6 is 0 Å². The average molecular weight is 195 g/mol. The summed E-state index contributed by atoms with van der Waals surface area (Å²) in [5.41, 5.74) is 0.118. The van der Waals surface area contributed by atoms with Crippen LogP contribution in [0.3, 0.4) is 0 Å². The van der Waals surface area contributed by atoms with Crippen LogP contribution in [0.5, 0.6) is 0 Å². The first-order valence-electron chi connectivity index (χ1n) is 4.06. The molecule has 0 saturated carbocycles. The van der Waals surface area contributed by atoms with Crippen LogP contribution < -0.4 is 5.56 Å². The standard InChI is InChI=1S/C10H7F2NO/c1-5-2-6-3-7(11)4-8(12)9(6)13-10(5)14/h2-4H,1H3,(H,13,14). The zero-order valence-corrected chi connectivity index (χ0v) is 7.40. The van der Waals surface area contributed by atoms with Crippen LogP contribution in [-0.4, -0.2) is 4.98 Å². The lowest BCUT2D eigenvalue weighted by Gasteiger charge is -2.00. The minimum Gasteiger partial charge on any atom is -0.319 e. The molecule has 0 bridgehead atoms. The zero-order valence-electron chi connectivity index (χ0n) is 7.40. The summed E-state index contributed by atoms with van der Waals surface area (Å²) >= 11 is 0. The molecule has 1 heterocycles. The highest BCUT2D eigenvalue weighted by molar-refractivity contribution is 5.79. The quantitative estimate of drug-likeness (QED) is 0.686. The van der Waals surface area contributed by atoms with Gasteiger partial charge in [0.2, 0.25) is 0 Å². The Morgan fingerprint density at radius 2 is 1.93 bits per heavy atom. The number of hydrogen-bond acceptors (Lipinski definition) is 1. The van der Waals surface area contributed by atoms with Gasteiger partial charge in [-0.2, -0.15) is 0 Å². The summed E-state index contributed by atoms with van der Waals surface area (Å²) in [6.07, 6.45) is 0. The number of pyridine rings is 1. The van der Waals surface area contributed by atoms with Gasteiger partial charge in [-0.15, -0.1) is 0 Å². The lowest BCUT2D eigenvalue weighted by Crippen LogP contribution is -2.09. The van der Waals surface area contributed by atoms with Crippen LogP contribution in [0.4, 0.5) is 8.78 Å². The fourth-order valence-electron chi connectivity index (χ4n) is 1.35. The van der Waals surface area contributed by atoms with Crippen molar-refractivity contribution in [1.82, 2.24) is 4.98 Å². The number of hydrogen-bond donors (Lipinski definition) is 1. The van der Waals surface area contributed by atoms with E-state index in [0.717, 1.165) is 6.07 Å². The van der Waals surface area contributed by atoms with Crippen molar-refractivity contribution in [1.29, 1.82) is 0 Å². The van der Waals surface area contributed by atoms with Gasteiger partial charge in [0.05, 0.1) is 5.52 Å². The Balaban J connectivity index is 2.96. The van der Waals surface area contributed by atoms with Crippen LogP contribution in [0.25, 0.3) is 10.9 Å². The van der Waals surface area contributed by atoms with Gasteiger partial charge in [-0.3, -0.25) is 4.79 Å². The number of nitrogens with one attached hydrogen (secondary N) is 1. The summed E-state index contributed by atoms with van der Waals surface area (Å²) in [5, 5.41) is 0.361. The molecule has 72 valence electrons. The fourth-order valence-corrected chi connectivity index (χ4v) is 1.35. The topological polar surface area (TPSA) is 32.9 Å². The first-order valence-corrected chi connectivity index (χ1v) is 4.06. The first kappa shape index (κ1) is 8.87. The molecule has 4 heteroatoms. The maximum Gasteiger partial charge on any atom is 0.251 e. The second kappa shape index (κ2) is 2.90. The Kier molecular flexibility index (Phi) is 1.84. The lowest BCUT2D eigenvalue weighted by molar-refractivity contribution is 0.590. The number of aromatic nitrogens is 1. The van der Waals surface area contributed by atoms with Crippen LogP contribution in [0.2, 0.25) is 0 Å². The molecule has 0 aliphatic heterocycles. The molecule has 0 amide bonds. The second-order valence-electron chi connectivity index (χ2n) is 3.13. The zero-order chi connectivity index (χ0) is 10.3. The van der Waals surface area contributed by atoms with Crippen LogP contribution in [0, 0.1) is 18.6 Å². The third kappa shape index (κ3) is 1.28. The van der Waals surface area contributed by atoms with Crippen molar-refractivity contribution >= 4 is 10.9 Å². The van der Waals surface area contributed by atoms with Gasteiger partial charge in [0.1, 0.15) is 11.6 Å². The van der Waals surface area contributed by atoms with Crippen molar-refractivity contribution in [3.8, 4) is 0 Å². The first-order chi connectivity index (χ1) is 6.58. The van der Waals surface area contributed by atoms with Crippen LogP contribution in [0.15, 0.2) is 23.0 Å². The highest BCUT2D eigenvalue weighted by Gasteiger charge is 2.05. The van der Waals surface area contributed by atoms with E-state index in [1.54, 1.807) is 6.92 Å². The molecule has 0 aliphatic carbocycles. The molecule has 0 unspecified atom stereocenters. The van der Waals surface area contributed by atoms with Gasteiger partial charge in [-0.05, 0) is 19.1 Å². The molecule has 1 aromatic heterocycles. The van der Waals surface area contributed by atoms with E-state index in [9.17, 15) is 13.6 Å². The number of rotatable bonds is 0. The lowest BCUT2D eigenvalue weighted by atomic mass is 10.1. The molecule has 0 radical (unpaired) electrons. The Bertz CT molecular complexity index is 560. The van der Waals surface area contributed by atoms with E-state index in [1.807, 2.05) is 0 Å². The summed E-state index contributed by atoms with van der Waals surface area (Å²) in [5.74, 6) is -1.40. The highest BCUT2D eigenvalue weighted by Crippen LogP contribution is 2.16. The van der Waals surface area contributed by atoms with Gasteiger partial charge < -0.3 is 4.98 Å². The predicted octanol–water partition coefficient (Wildman–Crippen LogP) is 2.11. The van der Waals surface area contributed by atoms with Gasteiger partial charge in [0, 0.05) is 17.0 Å². The Hall–Kier alpha value is -1.71. The molecule has 2 aromatic rings. The van der Waals surface area contributed by atoms with E-state index in [2.05, 4.69) is 4.98 Å². The van der Waals surface area contributed by atoms with E-state index in [4.69, 9.17) is 0 Å². The summed E-state index contributed by atoms with van der Waals surface area (Å²) in [6, 6.07) is 3.38. The molecule has 0 aliphatic rings. The van der Waals surface area contributed by atoms with E-state index in [-0.39, 0.29) is 11.1 Å². The fraction of sp³-hybridized carbons (Fsp3) is 0.100. The molecule has 2 rings (SSSR count). The third-order valence-electron chi connectivity index (χ3n) is 2.05. The van der Waals surface area contributed by atoms with Gasteiger partial charge in [0.25, 0.3) is 5.56 Å². The summed E-state index contributed by atoms with van der Waals surface area (Å²) in [7, 11) is 0. The average Bonchev–Trinajstić information content (AvgIpc) is 2.08. The van der Waals surface area contributed by atoms with E-state index in [1.165, 1.54) is 12.1 Å². The second-order valence-corrected chi connectivity index (χ2v) is 3.13. The monoisotopic (exact) mass is 195 g/mol. The van der Waals surface area contributed by atoms with Gasteiger partial charge in [-0.25, -0.2) is 8.78 Å². The number of H-pyrrole nitrogens is 1. The van der Waals surface area contributed by atoms with Gasteiger partial charge in [0.15, 0.2) is 0 Å². The number of fused-ring (bicyclic) bond motifs is 1. The van der Waals surface area contributed by atoms with Gasteiger partial charge in [-0.1, -0.05) is 0 Å². The summed E-state index contributed by atoms with van der Waals surface area (Å²) in [4.78, 5) is 13.5. The number of halogens is 2. The smallest absolute Gasteiger partial charge is 0.251 e. The van der Waals surface area contributed by atoms with E-state index >= 15 is 0 Å². The van der Waals surface area contributed by atoms with E-state index < -0.39 is 11.6 Å². The van der Waals surface area contributed by atoms with E-state index in [0.29, 0.717) is 10.9 Å². The molecule has 14 heavy (non-hydrogen) atoms. The predicted molar refractivity (Wildman–Crippen MR) is 49.2 cm³/mol. The van der Waals surface area contributed by atoms with Crippen molar-refractivity contribution in [3.63, 3.8) is 0 Å². The molecular formula is C10H7F2NO. The van der Waals surface area contributed by atoms with Crippen molar-refractivity contribution in [3.05, 3.63) is 45.8 Å². The molecule has 0 spiro atoms. The molecule has 1 N–H and O–H groups in total. The van der Waals surface area contributed by atoms with Crippen LogP contribution in [0.1, 0.15) is 5.56 Å². The number of benzene rings is 1. The van der Waals surface area contributed by atoms with Crippen molar-refractivity contribution in [2.24, 2.45) is 0 Å². The van der Waals surface area contributed by atoms with Crippen molar-refractivity contribution in [2.45, 2.75) is 6.92 Å². The maximum atomic E-state index is 13.1. The molecule has 0 atom stereocenters. The Morgan fingerprint density at radius 1 is 1.21 bits per heavy atom. The molecule has 2 nitrogen and oxygen atoms in total. The molecule has 0 fully saturated rings. The Labute approximate surface area is 78.2 Å². The number of aryl methyl sites for hydroxylation is 1. The Morgan fingerprint density at radius 3 is 2.64 bits per heavy atom. The van der Waals surface area contributed by atoms with Crippen LogP contribution in [-0.2, 0) is 0 Å². The minimum atomic E-state index is -0.753. The highest BCUT2D eigenvalue weighted by atomic mass is 19.1. The largest absolute Gasteiger partial charge is 0.319 e. The van der Waals surface area contributed by atoms with Gasteiger partial charge >= 0.3 is 0 Å². The normalized spacial score (nSPS) is 10.8. The SMILES string of the molecule is Cc1cc2cc(F)cc(F)c2[nH]c1=O. The molecule has 1 aromatic carbocycles. The molecular weight excluding hydrogens is 188 g/mol. The summed E-state index contributed by atoms with van der Waals surface area (Å²) < 4.78 is 25.9. The maximum absolute atomic E-state index is 13.1. The summed E-state index contributed by atoms with van der Waals surface area (Å²) in [6.45, 7) is 1.58. The van der Waals surface area contributed by atoms with Crippen molar-refractivity contribution < 1.29 is 8.78 Å². The van der Waals surface area contributed by atoms with Crippen molar-refractivity contribution in [2.75, 3.05) is 0 Å². The molecule has 0 saturated heterocycles. The number of aromatic amines is 1. The third-order valence-corrected chi connectivity index (χ3v) is 2.05. The minimum absolute atomic E-state index is 0.0435.